The lowest BCUT2D eigenvalue weighted by atomic mass is 10.0. The van der Waals surface area contributed by atoms with E-state index in [1.807, 2.05) is 12.1 Å². The fraction of sp³-hybridized carbons (Fsp3) is 0.440. The zero-order chi connectivity index (χ0) is 26.9. The number of aliphatic imine (C=N–C) groups is 1. The Morgan fingerprint density at radius 2 is 1.81 bits per heavy atom. The van der Waals surface area contributed by atoms with Gasteiger partial charge >= 0.3 is 14.0 Å². The molecule has 0 saturated carbocycles. The number of amides is 2. The van der Waals surface area contributed by atoms with E-state index < -0.39 is 35.9 Å². The van der Waals surface area contributed by atoms with E-state index >= 15 is 0 Å². The first-order valence-electron chi connectivity index (χ1n) is 11.5. The molecule has 196 valence electrons. The van der Waals surface area contributed by atoms with Crippen molar-refractivity contribution in [3.8, 4) is 5.75 Å². The molecule has 0 aliphatic carbocycles. The van der Waals surface area contributed by atoms with Crippen LogP contribution in [0.15, 0.2) is 54.6 Å². The Bertz CT molecular complexity index is 894. The van der Waals surface area contributed by atoms with Crippen LogP contribution in [0.3, 0.4) is 0 Å². The number of thioether (sulfide) groups is 1. The van der Waals surface area contributed by atoms with Crippen LogP contribution in [0.1, 0.15) is 19.4 Å². The normalized spacial score (nSPS) is 13.3. The number of methoxy groups -OCH3 is 1. The molecule has 0 aliphatic heterocycles. The Balaban J connectivity index is 2.96. The third-order valence-electron chi connectivity index (χ3n) is 4.94. The highest BCUT2D eigenvalue weighted by Crippen LogP contribution is 2.15. The summed E-state index contributed by atoms with van der Waals surface area (Å²) in [6.45, 7) is 11.3. The molecule has 36 heavy (non-hydrogen) atoms. The average molecular weight is 517 g/mol. The summed E-state index contributed by atoms with van der Waals surface area (Å²) in [4.78, 5) is 42.6. The number of hydrogen-bond acceptors (Lipinski definition) is 8. The first-order valence-corrected chi connectivity index (χ1v) is 12.7. The highest BCUT2D eigenvalue weighted by molar-refractivity contribution is 7.99. The van der Waals surface area contributed by atoms with Gasteiger partial charge in [-0.25, -0.2) is 9.79 Å². The number of benzene rings is 1. The standard InChI is InChI=1S/C25H36BN3O6S/c1-6-12-34-19-10-8-18(9-11-19)14-20(27-16-35-26)23(30)29-22(17(3)4)24(31)28-21(25(32)33-5)15-36-13-7-2/h6-11,16-17,20-22H,1-2,12-15,26H2,3-5H3,(H,28,31)(H,29,30)/t20-,21-,22-/m0/s1. The molecule has 0 radical (unpaired) electrons. The molecule has 0 aliphatic rings. The number of ether oxygens (including phenoxy) is 2. The minimum absolute atomic E-state index is 0.249. The van der Waals surface area contributed by atoms with Crippen molar-refractivity contribution < 1.29 is 28.5 Å². The molecule has 0 aromatic heterocycles. The van der Waals surface area contributed by atoms with Gasteiger partial charge in [-0.15, -0.1) is 6.58 Å². The summed E-state index contributed by atoms with van der Waals surface area (Å²) in [7, 11) is 2.70. The number of carbonyl (C=O) groups excluding carboxylic acids is 3. The van der Waals surface area contributed by atoms with Crippen LogP contribution >= 0.6 is 11.8 Å². The maximum Gasteiger partial charge on any atom is 0.329 e. The van der Waals surface area contributed by atoms with Gasteiger partial charge in [0, 0.05) is 17.9 Å². The average Bonchev–Trinajstić information content (AvgIpc) is 2.87. The van der Waals surface area contributed by atoms with Crippen molar-refractivity contribution in [1.82, 2.24) is 10.6 Å². The van der Waals surface area contributed by atoms with Gasteiger partial charge in [-0.05, 0) is 23.6 Å². The zero-order valence-corrected chi connectivity index (χ0v) is 22.2. The van der Waals surface area contributed by atoms with Crippen molar-refractivity contribution in [2.45, 2.75) is 38.4 Å². The number of carbonyl (C=O) groups is 3. The van der Waals surface area contributed by atoms with Crippen LogP contribution in [0.25, 0.3) is 0 Å². The van der Waals surface area contributed by atoms with Crippen molar-refractivity contribution in [2.75, 3.05) is 25.2 Å². The molecule has 2 N–H and O–H groups in total. The number of nitrogens with one attached hydrogen (secondary N) is 2. The first-order chi connectivity index (χ1) is 17.3. The first kappa shape index (κ1) is 30.8. The molecule has 0 heterocycles. The monoisotopic (exact) mass is 517 g/mol. The summed E-state index contributed by atoms with van der Waals surface area (Å²) in [5, 5.41) is 5.48. The minimum Gasteiger partial charge on any atom is -0.560 e. The van der Waals surface area contributed by atoms with E-state index in [9.17, 15) is 14.4 Å². The van der Waals surface area contributed by atoms with Gasteiger partial charge in [0.15, 0.2) is 6.40 Å². The smallest absolute Gasteiger partial charge is 0.329 e. The fourth-order valence-electron chi connectivity index (χ4n) is 3.07. The number of nitrogens with zero attached hydrogens (tertiary/aromatic N) is 1. The molecule has 1 aromatic rings. The lowest BCUT2D eigenvalue weighted by Crippen LogP contribution is -2.56. The third kappa shape index (κ3) is 11.0. The molecule has 0 bridgehead atoms. The van der Waals surface area contributed by atoms with E-state index in [4.69, 9.17) is 14.1 Å². The van der Waals surface area contributed by atoms with Gasteiger partial charge in [-0.2, -0.15) is 11.8 Å². The summed E-state index contributed by atoms with van der Waals surface area (Å²) in [6.07, 6.45) is 4.84. The molecule has 0 fully saturated rings. The van der Waals surface area contributed by atoms with E-state index in [1.54, 1.807) is 38.1 Å². The van der Waals surface area contributed by atoms with Gasteiger partial charge in [0.2, 0.25) is 11.8 Å². The highest BCUT2D eigenvalue weighted by atomic mass is 32.2. The van der Waals surface area contributed by atoms with Gasteiger partial charge in [-0.3, -0.25) is 9.59 Å². The Hall–Kier alpha value is -3.21. The van der Waals surface area contributed by atoms with Crippen LogP contribution in [0.2, 0.25) is 0 Å². The quantitative estimate of drug-likeness (QED) is 0.0803. The molecule has 0 saturated heterocycles. The molecular weight excluding hydrogens is 481 g/mol. The predicted octanol–water partition coefficient (Wildman–Crippen LogP) is 1.47. The Kier molecular flexibility index (Phi) is 14.8. The third-order valence-corrected chi connectivity index (χ3v) is 5.98. The maximum atomic E-state index is 13.2. The van der Waals surface area contributed by atoms with E-state index in [0.717, 1.165) is 5.56 Å². The lowest BCUT2D eigenvalue weighted by Gasteiger charge is -2.25. The second kappa shape index (κ2) is 17.3. The molecule has 11 heteroatoms. The van der Waals surface area contributed by atoms with Crippen LogP contribution in [0.4, 0.5) is 0 Å². The van der Waals surface area contributed by atoms with E-state index in [-0.39, 0.29) is 12.3 Å². The van der Waals surface area contributed by atoms with Crippen LogP contribution in [0.5, 0.6) is 5.75 Å². The van der Waals surface area contributed by atoms with Crippen LogP contribution in [-0.2, 0) is 30.2 Å². The van der Waals surface area contributed by atoms with Crippen LogP contribution in [0, 0.1) is 5.92 Å². The zero-order valence-electron chi connectivity index (χ0n) is 21.4. The Morgan fingerprint density at radius 3 is 2.36 bits per heavy atom. The molecular formula is C25H36BN3O6S. The molecule has 2 amide bonds. The van der Waals surface area contributed by atoms with Crippen molar-refractivity contribution in [3.63, 3.8) is 0 Å². The summed E-state index contributed by atoms with van der Waals surface area (Å²) in [6, 6.07) is 4.72. The second-order valence-corrected chi connectivity index (χ2v) is 9.17. The molecule has 1 rings (SSSR count). The summed E-state index contributed by atoms with van der Waals surface area (Å²) >= 11 is 1.43. The largest absolute Gasteiger partial charge is 0.560 e. The van der Waals surface area contributed by atoms with Gasteiger partial charge in [0.05, 0.1) is 7.11 Å². The molecule has 0 unspecified atom stereocenters. The lowest BCUT2D eigenvalue weighted by molar-refractivity contribution is -0.144. The summed E-state index contributed by atoms with van der Waals surface area (Å²) in [5.41, 5.74) is 0.852. The van der Waals surface area contributed by atoms with Crippen molar-refractivity contribution in [2.24, 2.45) is 10.9 Å². The van der Waals surface area contributed by atoms with Gasteiger partial charge in [0.1, 0.15) is 30.5 Å². The Morgan fingerprint density at radius 1 is 1.11 bits per heavy atom. The van der Waals surface area contributed by atoms with E-state index in [2.05, 4.69) is 28.8 Å². The summed E-state index contributed by atoms with van der Waals surface area (Å²) in [5.74, 6) is -0.114. The SMILES string of the molecule is BOC=N[C@@H](Cc1ccc(OCC=C)cc1)C(=O)N[C@H](C(=O)N[C@@H](CSCC=C)C(=O)OC)C(C)C. The molecule has 1 aromatic carbocycles. The fourth-order valence-corrected chi connectivity index (χ4v) is 3.83. The highest BCUT2D eigenvalue weighted by Gasteiger charge is 2.31. The van der Waals surface area contributed by atoms with Crippen molar-refractivity contribution in [1.29, 1.82) is 0 Å². The van der Waals surface area contributed by atoms with E-state index in [0.29, 0.717) is 23.9 Å². The van der Waals surface area contributed by atoms with Crippen molar-refractivity contribution in [3.05, 3.63) is 55.1 Å². The molecule has 9 nitrogen and oxygen atoms in total. The predicted molar refractivity (Wildman–Crippen MR) is 146 cm³/mol. The van der Waals surface area contributed by atoms with Gasteiger partial charge in [-0.1, -0.05) is 44.7 Å². The molecule has 0 spiro atoms. The Labute approximate surface area is 218 Å². The number of rotatable bonds is 17. The van der Waals surface area contributed by atoms with E-state index in [1.165, 1.54) is 33.3 Å². The second-order valence-electron chi connectivity index (χ2n) is 8.09. The van der Waals surface area contributed by atoms with Gasteiger partial charge < -0.3 is 24.8 Å². The van der Waals surface area contributed by atoms with Crippen molar-refractivity contribution >= 4 is 44.0 Å². The number of esters is 1. The van der Waals surface area contributed by atoms with Gasteiger partial charge in [0.25, 0.3) is 0 Å². The van der Waals surface area contributed by atoms with Crippen LogP contribution in [-0.4, -0.2) is 75.6 Å². The topological polar surface area (TPSA) is 115 Å². The minimum atomic E-state index is -0.885. The number of hydrogen-bond donors (Lipinski definition) is 2. The summed E-state index contributed by atoms with van der Waals surface area (Å²) < 4.78 is 15.2. The molecule has 3 atom stereocenters. The maximum absolute atomic E-state index is 13.2. The van der Waals surface area contributed by atoms with Crippen LogP contribution < -0.4 is 15.4 Å².